The Hall–Kier alpha value is -2.14. The maximum absolute atomic E-state index is 13.0. The molecule has 1 fully saturated rings. The standard InChI is InChI=1S/C24H30N4O3S3/c1-4-5-13-26(2)34(30,31)19-11-9-18(10-12-19)23(29)27-14-16-28(17-15-27)24-25-22-20(32-3)7-6-8-21(22)33-24/h6-12H,4-5,13-17H2,1-3H3. The fourth-order valence-corrected chi connectivity index (χ4v) is 6.83. The number of piperazine rings is 1. The van der Waals surface area contributed by atoms with Crippen LogP contribution in [0.15, 0.2) is 52.3 Å². The van der Waals surface area contributed by atoms with E-state index >= 15 is 0 Å². The molecule has 0 atom stereocenters. The van der Waals surface area contributed by atoms with E-state index in [9.17, 15) is 13.2 Å². The first-order valence-corrected chi connectivity index (χ1v) is 14.9. The molecule has 0 saturated carbocycles. The van der Waals surface area contributed by atoms with Crippen LogP contribution in [0, 0.1) is 0 Å². The topological polar surface area (TPSA) is 73.8 Å². The lowest BCUT2D eigenvalue weighted by Crippen LogP contribution is -2.48. The number of thiazole rings is 1. The average molecular weight is 519 g/mol. The summed E-state index contributed by atoms with van der Waals surface area (Å²) in [6, 6.07) is 12.6. The van der Waals surface area contributed by atoms with Gasteiger partial charge in [-0.2, -0.15) is 0 Å². The molecule has 1 aromatic heterocycles. The molecule has 0 N–H and O–H groups in total. The summed E-state index contributed by atoms with van der Waals surface area (Å²) in [5.74, 6) is -0.0723. The quantitative estimate of drug-likeness (QED) is 0.412. The van der Waals surface area contributed by atoms with E-state index in [0.29, 0.717) is 25.2 Å². The molecule has 2 heterocycles. The number of rotatable bonds is 8. The van der Waals surface area contributed by atoms with Crippen LogP contribution in [0.4, 0.5) is 5.13 Å². The van der Waals surface area contributed by atoms with Crippen molar-refractivity contribution in [3.05, 3.63) is 48.0 Å². The lowest BCUT2D eigenvalue weighted by atomic mass is 10.2. The van der Waals surface area contributed by atoms with Gasteiger partial charge in [0.15, 0.2) is 5.13 Å². The number of carbonyl (C=O) groups is 1. The molecule has 1 saturated heterocycles. The van der Waals surface area contributed by atoms with Gasteiger partial charge in [-0.1, -0.05) is 30.7 Å². The number of carbonyl (C=O) groups excluding carboxylic acids is 1. The number of fused-ring (bicyclic) bond motifs is 1. The third-order valence-electron chi connectivity index (χ3n) is 6.06. The number of hydrogen-bond acceptors (Lipinski definition) is 7. The van der Waals surface area contributed by atoms with E-state index in [-0.39, 0.29) is 10.8 Å². The Balaban J connectivity index is 1.40. The van der Waals surface area contributed by atoms with Crippen molar-refractivity contribution in [3.63, 3.8) is 0 Å². The molecule has 2 aromatic carbocycles. The Labute approximate surface area is 209 Å². The summed E-state index contributed by atoms with van der Waals surface area (Å²) in [6.45, 7) is 5.15. The molecule has 1 amide bonds. The van der Waals surface area contributed by atoms with Gasteiger partial charge in [-0.25, -0.2) is 17.7 Å². The van der Waals surface area contributed by atoms with Gasteiger partial charge in [0.05, 0.1) is 15.1 Å². The first-order chi connectivity index (χ1) is 16.3. The van der Waals surface area contributed by atoms with Crippen LogP contribution in [0.5, 0.6) is 0 Å². The third-order valence-corrected chi connectivity index (χ3v) is 9.79. The van der Waals surface area contributed by atoms with Gasteiger partial charge in [-0.15, -0.1) is 11.8 Å². The summed E-state index contributed by atoms with van der Waals surface area (Å²) in [5.41, 5.74) is 1.55. The van der Waals surface area contributed by atoms with Gasteiger partial charge in [0.25, 0.3) is 5.91 Å². The molecule has 0 unspecified atom stereocenters. The van der Waals surface area contributed by atoms with E-state index in [1.807, 2.05) is 11.8 Å². The average Bonchev–Trinajstić information content (AvgIpc) is 3.31. The monoisotopic (exact) mass is 518 g/mol. The number of unbranched alkanes of at least 4 members (excludes halogenated alkanes) is 1. The Morgan fingerprint density at radius 2 is 1.82 bits per heavy atom. The Morgan fingerprint density at radius 1 is 1.12 bits per heavy atom. The number of anilines is 1. The van der Waals surface area contributed by atoms with E-state index in [1.165, 1.54) is 26.0 Å². The van der Waals surface area contributed by atoms with Crippen molar-refractivity contribution in [3.8, 4) is 0 Å². The predicted octanol–water partition coefficient (Wildman–Crippen LogP) is 4.40. The molecule has 182 valence electrons. The minimum absolute atomic E-state index is 0.0723. The Kier molecular flexibility index (Phi) is 7.81. The summed E-state index contributed by atoms with van der Waals surface area (Å²) in [4.78, 5) is 23.4. The van der Waals surface area contributed by atoms with Crippen molar-refractivity contribution in [1.82, 2.24) is 14.2 Å². The van der Waals surface area contributed by atoms with Crippen molar-refractivity contribution in [1.29, 1.82) is 0 Å². The minimum atomic E-state index is -3.54. The highest BCUT2D eigenvalue weighted by molar-refractivity contribution is 7.98. The summed E-state index contributed by atoms with van der Waals surface area (Å²) in [5, 5.41) is 0.991. The van der Waals surface area contributed by atoms with Crippen LogP contribution in [0.25, 0.3) is 10.2 Å². The molecule has 0 spiro atoms. The van der Waals surface area contributed by atoms with E-state index in [1.54, 1.807) is 42.3 Å². The van der Waals surface area contributed by atoms with Gasteiger partial charge in [0, 0.05) is 50.2 Å². The maximum Gasteiger partial charge on any atom is 0.253 e. The molecular formula is C24H30N4O3S3. The SMILES string of the molecule is CCCCN(C)S(=O)(=O)c1ccc(C(=O)N2CCN(c3nc4c(SC)cccc4s3)CC2)cc1. The van der Waals surface area contributed by atoms with Crippen LogP contribution in [0.2, 0.25) is 0 Å². The number of para-hydroxylation sites is 1. The van der Waals surface area contributed by atoms with Crippen LogP contribution in [-0.4, -0.2) is 74.5 Å². The molecule has 1 aliphatic heterocycles. The van der Waals surface area contributed by atoms with Crippen LogP contribution >= 0.6 is 23.1 Å². The molecule has 0 bridgehead atoms. The second-order valence-electron chi connectivity index (χ2n) is 8.29. The highest BCUT2D eigenvalue weighted by Crippen LogP contribution is 2.34. The van der Waals surface area contributed by atoms with Crippen molar-refractivity contribution < 1.29 is 13.2 Å². The zero-order valence-electron chi connectivity index (χ0n) is 19.7. The molecule has 0 radical (unpaired) electrons. The third kappa shape index (κ3) is 5.10. The number of aromatic nitrogens is 1. The molecule has 3 aromatic rings. The summed E-state index contributed by atoms with van der Waals surface area (Å²) in [7, 11) is -1.94. The number of nitrogens with zero attached hydrogens (tertiary/aromatic N) is 4. The number of sulfonamides is 1. The molecular weight excluding hydrogens is 488 g/mol. The Bertz CT molecular complexity index is 1250. The van der Waals surface area contributed by atoms with E-state index in [4.69, 9.17) is 4.98 Å². The van der Waals surface area contributed by atoms with E-state index in [2.05, 4.69) is 29.4 Å². The highest BCUT2D eigenvalue weighted by atomic mass is 32.2. The Morgan fingerprint density at radius 3 is 2.47 bits per heavy atom. The minimum Gasteiger partial charge on any atom is -0.345 e. The van der Waals surface area contributed by atoms with Gasteiger partial charge >= 0.3 is 0 Å². The van der Waals surface area contributed by atoms with Crippen LogP contribution < -0.4 is 4.90 Å². The number of benzene rings is 2. The first-order valence-electron chi connectivity index (χ1n) is 11.4. The molecule has 10 heteroatoms. The maximum atomic E-state index is 13.0. The summed E-state index contributed by atoms with van der Waals surface area (Å²) in [6.07, 6.45) is 3.80. The predicted molar refractivity (Wildman–Crippen MR) is 141 cm³/mol. The second kappa shape index (κ2) is 10.6. The van der Waals surface area contributed by atoms with E-state index < -0.39 is 10.0 Å². The van der Waals surface area contributed by atoms with Gasteiger partial charge in [0.1, 0.15) is 0 Å². The normalized spacial score (nSPS) is 14.8. The fourth-order valence-electron chi connectivity index (χ4n) is 3.95. The molecule has 4 rings (SSSR count). The summed E-state index contributed by atoms with van der Waals surface area (Å²) < 4.78 is 28.0. The van der Waals surface area contributed by atoms with Crippen LogP contribution in [0.3, 0.4) is 0 Å². The van der Waals surface area contributed by atoms with Gasteiger partial charge in [-0.3, -0.25) is 4.79 Å². The van der Waals surface area contributed by atoms with Gasteiger partial charge in [0.2, 0.25) is 10.0 Å². The first kappa shape index (κ1) is 25.0. The molecule has 7 nitrogen and oxygen atoms in total. The smallest absolute Gasteiger partial charge is 0.253 e. The lowest BCUT2D eigenvalue weighted by Gasteiger charge is -2.34. The molecule has 1 aliphatic rings. The molecule has 0 aliphatic carbocycles. The van der Waals surface area contributed by atoms with E-state index in [0.717, 1.165) is 36.6 Å². The van der Waals surface area contributed by atoms with Crippen molar-refractivity contribution in [2.45, 2.75) is 29.6 Å². The van der Waals surface area contributed by atoms with Gasteiger partial charge < -0.3 is 9.80 Å². The molecule has 34 heavy (non-hydrogen) atoms. The second-order valence-corrected chi connectivity index (χ2v) is 12.2. The van der Waals surface area contributed by atoms with Crippen LogP contribution in [0.1, 0.15) is 30.1 Å². The number of thioether (sulfide) groups is 1. The lowest BCUT2D eigenvalue weighted by molar-refractivity contribution is 0.0746. The highest BCUT2D eigenvalue weighted by Gasteiger charge is 2.25. The zero-order chi connectivity index (χ0) is 24.3. The largest absolute Gasteiger partial charge is 0.345 e. The fraction of sp³-hybridized carbons (Fsp3) is 0.417. The number of hydrogen-bond donors (Lipinski definition) is 0. The van der Waals surface area contributed by atoms with Gasteiger partial charge in [-0.05, 0) is 49.1 Å². The van der Waals surface area contributed by atoms with Crippen molar-refractivity contribution >= 4 is 54.4 Å². The van der Waals surface area contributed by atoms with Crippen molar-refractivity contribution in [2.24, 2.45) is 0 Å². The number of amides is 1. The van der Waals surface area contributed by atoms with Crippen LogP contribution in [-0.2, 0) is 10.0 Å². The zero-order valence-corrected chi connectivity index (χ0v) is 22.2. The summed E-state index contributed by atoms with van der Waals surface area (Å²) >= 11 is 3.39. The van der Waals surface area contributed by atoms with Crippen molar-refractivity contribution in [2.75, 3.05) is 50.9 Å².